The Morgan fingerprint density at radius 3 is 2.61 bits per heavy atom. The molecule has 5 heteroatoms. The van der Waals surface area contributed by atoms with E-state index in [1.807, 2.05) is 11.4 Å². The van der Waals surface area contributed by atoms with Crippen molar-refractivity contribution in [2.45, 2.75) is 6.10 Å². The quantitative estimate of drug-likeness (QED) is 0.934. The first kappa shape index (κ1) is 13.2. The summed E-state index contributed by atoms with van der Waals surface area (Å²) in [5.41, 5.74) is 0.637. The lowest BCUT2D eigenvalue weighted by Gasteiger charge is -2.13. The first-order valence-corrected chi connectivity index (χ1v) is 6.56. The maximum Gasteiger partial charge on any atom is 0.135 e. The van der Waals surface area contributed by atoms with Gasteiger partial charge in [-0.25, -0.2) is 0 Å². The number of benzene rings is 1. The predicted octanol–water partition coefficient (Wildman–Crippen LogP) is 3.50. The monoisotopic (exact) mass is 284 g/mol. The molecule has 1 heterocycles. The second-order valence-corrected chi connectivity index (χ2v) is 5.00. The van der Waals surface area contributed by atoms with Crippen LogP contribution in [0.4, 0.5) is 0 Å². The predicted molar refractivity (Wildman–Crippen MR) is 72.9 cm³/mol. The minimum atomic E-state index is -0.793. The Labute approximate surface area is 115 Å². The van der Waals surface area contributed by atoms with Crippen LogP contribution in [-0.4, -0.2) is 19.3 Å². The topological polar surface area (TPSA) is 38.7 Å². The van der Waals surface area contributed by atoms with Crippen molar-refractivity contribution in [2.75, 3.05) is 14.2 Å². The van der Waals surface area contributed by atoms with E-state index in [1.165, 1.54) is 11.3 Å². The lowest BCUT2D eigenvalue weighted by Crippen LogP contribution is -2.00. The van der Waals surface area contributed by atoms with Crippen molar-refractivity contribution >= 4 is 22.9 Å². The van der Waals surface area contributed by atoms with Gasteiger partial charge in [0.1, 0.15) is 17.6 Å². The first-order valence-electron chi connectivity index (χ1n) is 5.30. The number of hydrogen-bond acceptors (Lipinski definition) is 4. The van der Waals surface area contributed by atoms with E-state index in [-0.39, 0.29) is 0 Å². The van der Waals surface area contributed by atoms with E-state index >= 15 is 0 Å². The summed E-state index contributed by atoms with van der Waals surface area (Å²) in [6.07, 6.45) is -0.793. The fraction of sp³-hybridized carbons (Fsp3) is 0.231. The van der Waals surface area contributed by atoms with E-state index in [4.69, 9.17) is 21.1 Å². The molecule has 2 aromatic rings. The SMILES string of the molecule is COc1ccc(C(O)c2sccc2OC)c(Cl)c1. The molecule has 0 fully saturated rings. The van der Waals surface area contributed by atoms with Crippen molar-refractivity contribution < 1.29 is 14.6 Å². The molecule has 0 aliphatic carbocycles. The van der Waals surface area contributed by atoms with Crippen molar-refractivity contribution in [3.63, 3.8) is 0 Å². The van der Waals surface area contributed by atoms with Gasteiger partial charge >= 0.3 is 0 Å². The first-order chi connectivity index (χ1) is 8.67. The summed E-state index contributed by atoms with van der Waals surface area (Å²) in [4.78, 5) is 0.740. The van der Waals surface area contributed by atoms with Crippen molar-refractivity contribution in [3.8, 4) is 11.5 Å². The Kier molecular flexibility index (Phi) is 4.11. The van der Waals surface area contributed by atoms with Crippen molar-refractivity contribution in [1.29, 1.82) is 0 Å². The van der Waals surface area contributed by atoms with Crippen molar-refractivity contribution in [3.05, 3.63) is 45.1 Å². The zero-order chi connectivity index (χ0) is 13.1. The molecule has 0 radical (unpaired) electrons. The highest BCUT2D eigenvalue weighted by Gasteiger charge is 2.19. The molecule has 18 heavy (non-hydrogen) atoms. The third-order valence-corrected chi connectivity index (χ3v) is 3.91. The maximum absolute atomic E-state index is 10.3. The molecule has 0 saturated carbocycles. The number of ether oxygens (including phenoxy) is 2. The van der Waals surface area contributed by atoms with Gasteiger partial charge in [0.25, 0.3) is 0 Å². The highest BCUT2D eigenvalue weighted by molar-refractivity contribution is 7.10. The van der Waals surface area contributed by atoms with E-state index in [1.54, 1.807) is 32.4 Å². The van der Waals surface area contributed by atoms with Gasteiger partial charge < -0.3 is 14.6 Å². The molecule has 0 saturated heterocycles. The fourth-order valence-electron chi connectivity index (χ4n) is 1.67. The summed E-state index contributed by atoms with van der Waals surface area (Å²) in [5, 5.41) is 12.7. The van der Waals surface area contributed by atoms with E-state index < -0.39 is 6.10 Å². The molecule has 1 aromatic carbocycles. The van der Waals surface area contributed by atoms with Crippen LogP contribution in [0.25, 0.3) is 0 Å². The van der Waals surface area contributed by atoms with Gasteiger partial charge in [-0.15, -0.1) is 11.3 Å². The van der Waals surface area contributed by atoms with E-state index in [0.29, 0.717) is 22.1 Å². The van der Waals surface area contributed by atoms with Crippen LogP contribution in [0.1, 0.15) is 16.5 Å². The molecule has 96 valence electrons. The number of methoxy groups -OCH3 is 2. The van der Waals surface area contributed by atoms with Crippen LogP contribution in [0.15, 0.2) is 29.6 Å². The van der Waals surface area contributed by atoms with Gasteiger partial charge in [-0.05, 0) is 23.6 Å². The van der Waals surface area contributed by atoms with Crippen LogP contribution in [-0.2, 0) is 0 Å². The van der Waals surface area contributed by atoms with E-state index in [2.05, 4.69) is 0 Å². The van der Waals surface area contributed by atoms with Gasteiger partial charge in [-0.3, -0.25) is 0 Å². The second-order valence-electron chi connectivity index (χ2n) is 3.64. The zero-order valence-corrected chi connectivity index (χ0v) is 11.6. The Morgan fingerprint density at radius 1 is 1.22 bits per heavy atom. The molecular weight excluding hydrogens is 272 g/mol. The minimum absolute atomic E-state index is 0.470. The number of aliphatic hydroxyl groups is 1. The van der Waals surface area contributed by atoms with Gasteiger partial charge in [0.05, 0.1) is 24.1 Å². The maximum atomic E-state index is 10.3. The van der Waals surface area contributed by atoms with Crippen LogP contribution in [0, 0.1) is 0 Å². The molecular formula is C13H13ClO3S. The van der Waals surface area contributed by atoms with Crippen LogP contribution in [0.2, 0.25) is 5.02 Å². The Hall–Kier alpha value is -1.23. The van der Waals surface area contributed by atoms with Crippen LogP contribution < -0.4 is 9.47 Å². The number of rotatable bonds is 4. The standard InChI is InChI=1S/C13H13ClO3S/c1-16-8-3-4-9(10(14)7-8)12(15)13-11(17-2)5-6-18-13/h3-7,12,15H,1-2H3. The average Bonchev–Trinajstić information content (AvgIpc) is 2.86. The molecule has 0 spiro atoms. The Morgan fingerprint density at radius 2 is 2.00 bits per heavy atom. The molecule has 1 N–H and O–H groups in total. The number of halogens is 1. The lowest BCUT2D eigenvalue weighted by molar-refractivity contribution is 0.219. The van der Waals surface area contributed by atoms with Crippen LogP contribution >= 0.6 is 22.9 Å². The van der Waals surface area contributed by atoms with Gasteiger partial charge in [0.15, 0.2) is 0 Å². The molecule has 3 nitrogen and oxygen atoms in total. The number of hydrogen-bond donors (Lipinski definition) is 1. The zero-order valence-electron chi connectivity index (χ0n) is 10.0. The van der Waals surface area contributed by atoms with Gasteiger partial charge in [-0.2, -0.15) is 0 Å². The number of aliphatic hydroxyl groups excluding tert-OH is 1. The van der Waals surface area contributed by atoms with Gasteiger partial charge in [0.2, 0.25) is 0 Å². The molecule has 0 bridgehead atoms. The molecule has 1 atom stereocenters. The third-order valence-electron chi connectivity index (χ3n) is 2.63. The third kappa shape index (κ3) is 2.46. The molecule has 1 unspecified atom stereocenters. The highest BCUT2D eigenvalue weighted by atomic mass is 35.5. The average molecular weight is 285 g/mol. The summed E-state index contributed by atoms with van der Waals surface area (Å²) in [6, 6.07) is 7.02. The van der Waals surface area contributed by atoms with Crippen LogP contribution in [0.3, 0.4) is 0 Å². The largest absolute Gasteiger partial charge is 0.497 e. The summed E-state index contributed by atoms with van der Waals surface area (Å²) in [5.74, 6) is 1.33. The normalized spacial score (nSPS) is 12.2. The summed E-state index contributed by atoms with van der Waals surface area (Å²) in [7, 11) is 3.15. The summed E-state index contributed by atoms with van der Waals surface area (Å²) >= 11 is 7.57. The Bertz CT molecular complexity index is 539. The van der Waals surface area contributed by atoms with Crippen molar-refractivity contribution in [2.24, 2.45) is 0 Å². The highest BCUT2D eigenvalue weighted by Crippen LogP contribution is 2.38. The molecule has 0 aliphatic rings. The van der Waals surface area contributed by atoms with Crippen LogP contribution in [0.5, 0.6) is 11.5 Å². The van der Waals surface area contributed by atoms with Gasteiger partial charge in [-0.1, -0.05) is 17.7 Å². The summed E-state index contributed by atoms with van der Waals surface area (Å²) in [6.45, 7) is 0. The summed E-state index contributed by atoms with van der Waals surface area (Å²) < 4.78 is 10.3. The fourth-order valence-corrected chi connectivity index (χ4v) is 2.81. The van der Waals surface area contributed by atoms with Crippen molar-refractivity contribution in [1.82, 2.24) is 0 Å². The molecule has 0 amide bonds. The van der Waals surface area contributed by atoms with E-state index in [0.717, 1.165) is 4.88 Å². The minimum Gasteiger partial charge on any atom is -0.497 e. The second kappa shape index (κ2) is 5.61. The molecule has 1 aromatic heterocycles. The molecule has 0 aliphatic heterocycles. The van der Waals surface area contributed by atoms with E-state index in [9.17, 15) is 5.11 Å². The lowest BCUT2D eigenvalue weighted by atomic mass is 10.1. The smallest absolute Gasteiger partial charge is 0.135 e. The molecule has 2 rings (SSSR count). The van der Waals surface area contributed by atoms with Gasteiger partial charge in [0, 0.05) is 5.56 Å². The number of thiophene rings is 1. The Balaban J connectivity index is 2.37.